The summed E-state index contributed by atoms with van der Waals surface area (Å²) < 4.78 is 4.85. The Labute approximate surface area is 117 Å². The minimum absolute atomic E-state index is 0.603. The van der Waals surface area contributed by atoms with Gasteiger partial charge in [0.2, 0.25) is 6.29 Å². The predicted molar refractivity (Wildman–Crippen MR) is 68.0 cm³/mol. The number of rotatable bonds is 2. The molecular formula is C12H11NO8. The third kappa shape index (κ3) is 1.91. The smallest absolute Gasteiger partial charge is 0.340 e. The highest BCUT2D eigenvalue weighted by atomic mass is 16.6. The molecule has 0 spiro atoms. The molecule has 112 valence electrons. The number of hydrogen-bond acceptors (Lipinski definition) is 8. The number of aliphatic hydroxyl groups excluding tert-OH is 2. The molecule has 1 aliphatic heterocycles. The van der Waals surface area contributed by atoms with E-state index in [0.29, 0.717) is 0 Å². The van der Waals surface area contributed by atoms with Crippen LogP contribution in [0.25, 0.3) is 5.76 Å². The number of phenolic OH excluding ortho intramolecular Hbond substituents is 1. The van der Waals surface area contributed by atoms with Gasteiger partial charge in [-0.2, -0.15) is 0 Å². The number of hydrogen-bond donors (Lipinski definition) is 6. The van der Waals surface area contributed by atoms with Gasteiger partial charge in [-0.3, -0.25) is 4.79 Å². The number of aromatic carboxylic acids is 1. The molecule has 7 N–H and O–H groups in total. The number of phenols is 2. The Morgan fingerprint density at radius 1 is 1.19 bits per heavy atom. The molecule has 0 aliphatic carbocycles. The van der Waals surface area contributed by atoms with Gasteiger partial charge < -0.3 is 36.0 Å². The molecule has 1 unspecified atom stereocenters. The van der Waals surface area contributed by atoms with Gasteiger partial charge in [0, 0.05) is 0 Å². The first kappa shape index (κ1) is 14.5. The lowest BCUT2D eigenvalue weighted by Gasteiger charge is -2.26. The van der Waals surface area contributed by atoms with E-state index in [2.05, 4.69) is 0 Å². The highest BCUT2D eigenvalue weighted by Crippen LogP contribution is 2.50. The summed E-state index contributed by atoms with van der Waals surface area (Å²) in [5.41, 5.74) is 2.55. The summed E-state index contributed by atoms with van der Waals surface area (Å²) in [6, 6.07) is 0. The molecule has 21 heavy (non-hydrogen) atoms. The van der Waals surface area contributed by atoms with Crippen molar-refractivity contribution in [1.82, 2.24) is 0 Å². The van der Waals surface area contributed by atoms with E-state index in [9.17, 15) is 30.0 Å². The van der Waals surface area contributed by atoms with Gasteiger partial charge in [0.1, 0.15) is 22.6 Å². The molecule has 0 aromatic heterocycles. The second kappa shape index (κ2) is 4.56. The van der Waals surface area contributed by atoms with Crippen molar-refractivity contribution in [2.24, 2.45) is 0 Å². The van der Waals surface area contributed by atoms with Crippen LogP contribution in [0, 0.1) is 0 Å². The van der Waals surface area contributed by atoms with E-state index in [4.69, 9.17) is 15.6 Å². The van der Waals surface area contributed by atoms with Gasteiger partial charge in [-0.05, 0) is 6.92 Å². The summed E-state index contributed by atoms with van der Waals surface area (Å²) >= 11 is 0. The summed E-state index contributed by atoms with van der Waals surface area (Å²) in [6.45, 7) is 1.01. The number of Topliss-reactive ketones (excluding diaryl/α,β-unsaturated/α-hetero) is 1. The summed E-state index contributed by atoms with van der Waals surface area (Å²) in [5, 5.41) is 48.3. The fraction of sp³-hybridized carbons (Fsp3) is 0.167. The Hall–Kier alpha value is -2.94. The number of aromatic hydroxyl groups is 2. The number of carboxylic acids is 1. The molecule has 9 heteroatoms. The second-order valence-electron chi connectivity index (χ2n) is 4.28. The summed E-state index contributed by atoms with van der Waals surface area (Å²) in [6.07, 6.45) is -1.91. The predicted octanol–water partition coefficient (Wildman–Crippen LogP) is -0.0529. The average molecular weight is 297 g/mol. The molecule has 0 fully saturated rings. The van der Waals surface area contributed by atoms with Gasteiger partial charge >= 0.3 is 5.97 Å². The summed E-state index contributed by atoms with van der Waals surface area (Å²) in [7, 11) is 0. The van der Waals surface area contributed by atoms with Crippen molar-refractivity contribution in [3.8, 4) is 17.2 Å². The van der Waals surface area contributed by atoms with Crippen molar-refractivity contribution in [3.05, 3.63) is 16.7 Å². The number of aliphatic hydroxyl groups is 2. The van der Waals surface area contributed by atoms with Crippen molar-refractivity contribution < 1.29 is 39.9 Å². The third-order valence-electron chi connectivity index (χ3n) is 3.00. The van der Waals surface area contributed by atoms with Gasteiger partial charge in [-0.15, -0.1) is 0 Å². The topological polar surface area (TPSA) is 171 Å². The number of ketones is 1. The van der Waals surface area contributed by atoms with Crippen LogP contribution in [0.4, 0.5) is 5.69 Å². The van der Waals surface area contributed by atoms with Gasteiger partial charge in [-0.25, -0.2) is 4.79 Å². The van der Waals surface area contributed by atoms with Crippen LogP contribution in [-0.4, -0.2) is 43.6 Å². The first-order chi connectivity index (χ1) is 9.68. The highest BCUT2D eigenvalue weighted by molar-refractivity contribution is 6.07. The number of benzene rings is 1. The van der Waals surface area contributed by atoms with Crippen LogP contribution in [0.15, 0.2) is 5.57 Å². The van der Waals surface area contributed by atoms with Gasteiger partial charge in [0.05, 0.1) is 5.56 Å². The number of nitrogens with two attached hydrogens (primary N) is 1. The number of anilines is 1. The Balaban J connectivity index is 2.96. The zero-order valence-corrected chi connectivity index (χ0v) is 10.6. The van der Waals surface area contributed by atoms with Crippen LogP contribution < -0.4 is 10.5 Å². The Morgan fingerprint density at radius 2 is 1.76 bits per heavy atom. The molecule has 1 aromatic rings. The van der Waals surface area contributed by atoms with E-state index >= 15 is 0 Å². The van der Waals surface area contributed by atoms with E-state index in [1.807, 2.05) is 0 Å². The fourth-order valence-corrected chi connectivity index (χ4v) is 2.03. The SMILES string of the molecule is CC(=O)C1=C(O)c2c(c(O)c(N)c(O)c2C(=O)O)OC1O. The van der Waals surface area contributed by atoms with Gasteiger partial charge in [0.25, 0.3) is 0 Å². The normalized spacial score (nSPS) is 17.1. The molecule has 0 amide bonds. The quantitative estimate of drug-likeness (QED) is 0.323. The minimum Gasteiger partial charge on any atom is -0.506 e. The summed E-state index contributed by atoms with van der Waals surface area (Å²) in [5.74, 6) is -5.87. The zero-order chi connectivity index (χ0) is 16.1. The summed E-state index contributed by atoms with van der Waals surface area (Å²) in [4.78, 5) is 22.6. The van der Waals surface area contributed by atoms with Crippen molar-refractivity contribution in [2.75, 3.05) is 5.73 Å². The van der Waals surface area contributed by atoms with Gasteiger partial charge in [-0.1, -0.05) is 0 Å². The molecule has 1 aromatic carbocycles. The van der Waals surface area contributed by atoms with Crippen molar-refractivity contribution in [2.45, 2.75) is 13.2 Å². The monoisotopic (exact) mass is 297 g/mol. The highest BCUT2D eigenvalue weighted by Gasteiger charge is 2.38. The maximum Gasteiger partial charge on any atom is 0.340 e. The van der Waals surface area contributed by atoms with E-state index in [0.717, 1.165) is 6.92 Å². The number of carbonyl (C=O) groups excluding carboxylic acids is 1. The first-order valence-electron chi connectivity index (χ1n) is 5.58. The van der Waals surface area contributed by atoms with E-state index in [1.165, 1.54) is 0 Å². The lowest BCUT2D eigenvalue weighted by Crippen LogP contribution is -2.29. The van der Waals surface area contributed by atoms with Crippen molar-refractivity contribution in [3.63, 3.8) is 0 Å². The molecule has 1 aliphatic rings. The van der Waals surface area contributed by atoms with Crippen LogP contribution in [0.3, 0.4) is 0 Å². The zero-order valence-electron chi connectivity index (χ0n) is 10.6. The van der Waals surface area contributed by atoms with Crippen LogP contribution in [-0.2, 0) is 4.79 Å². The Morgan fingerprint density at radius 3 is 2.24 bits per heavy atom. The van der Waals surface area contributed by atoms with Crippen molar-refractivity contribution >= 4 is 23.2 Å². The lowest BCUT2D eigenvalue weighted by atomic mass is 9.95. The third-order valence-corrected chi connectivity index (χ3v) is 3.00. The fourth-order valence-electron chi connectivity index (χ4n) is 2.03. The number of fused-ring (bicyclic) bond motifs is 1. The Bertz CT molecular complexity index is 706. The molecule has 0 saturated carbocycles. The van der Waals surface area contributed by atoms with E-state index in [1.54, 1.807) is 0 Å². The molecule has 0 saturated heterocycles. The van der Waals surface area contributed by atoms with E-state index in [-0.39, 0.29) is 0 Å². The maximum absolute atomic E-state index is 11.4. The Kier molecular flexibility index (Phi) is 3.14. The minimum atomic E-state index is -1.91. The van der Waals surface area contributed by atoms with Crippen molar-refractivity contribution in [1.29, 1.82) is 0 Å². The van der Waals surface area contributed by atoms with Crippen LogP contribution in [0.1, 0.15) is 22.8 Å². The van der Waals surface area contributed by atoms with Crippen LogP contribution in [0.2, 0.25) is 0 Å². The van der Waals surface area contributed by atoms with Gasteiger partial charge in [0.15, 0.2) is 23.0 Å². The molecule has 2 rings (SSSR count). The largest absolute Gasteiger partial charge is 0.506 e. The molecule has 9 nitrogen and oxygen atoms in total. The number of ether oxygens (including phenoxy) is 1. The van der Waals surface area contributed by atoms with Crippen LogP contribution >= 0.6 is 0 Å². The first-order valence-corrected chi connectivity index (χ1v) is 5.58. The molecule has 1 heterocycles. The second-order valence-corrected chi connectivity index (χ2v) is 4.28. The molecule has 1 atom stereocenters. The number of carbonyl (C=O) groups is 2. The standard InChI is InChI=1S/C12H11NO8/c1-2(14)3-7(15)4-5(11(18)19)8(16)6(13)9(17)10(4)21-12(3)20/h12,15-17,20H,13H2,1H3,(H,18,19). The molecule has 0 radical (unpaired) electrons. The lowest BCUT2D eigenvalue weighted by molar-refractivity contribution is -0.116. The molecular weight excluding hydrogens is 286 g/mol. The molecule has 0 bridgehead atoms. The van der Waals surface area contributed by atoms with Crippen LogP contribution in [0.5, 0.6) is 17.2 Å². The average Bonchev–Trinajstić information content (AvgIpc) is 2.37. The number of carboxylic acid groups (broad SMARTS) is 1. The van der Waals surface area contributed by atoms with E-state index < -0.39 is 63.4 Å². The maximum atomic E-state index is 11.4. The number of nitrogen functional groups attached to an aromatic ring is 1.